The van der Waals surface area contributed by atoms with Gasteiger partial charge in [-0.15, -0.1) is 0 Å². The van der Waals surface area contributed by atoms with Crippen LogP contribution < -0.4 is 10.1 Å². The van der Waals surface area contributed by atoms with Gasteiger partial charge in [0, 0.05) is 12.0 Å². The van der Waals surface area contributed by atoms with Crippen molar-refractivity contribution in [3.05, 3.63) is 149 Å². The molecule has 0 aliphatic rings. The van der Waals surface area contributed by atoms with Crippen LogP contribution in [-0.4, -0.2) is 23.9 Å². The SMILES string of the molecule is C=C(C[C@H](NC(=O)c1cccc(OC(=O)c2ccc(C)cc2)c1)C(=O)OCc1ccccc1)OCc1ccccc1. The summed E-state index contributed by atoms with van der Waals surface area (Å²) >= 11 is 0. The smallest absolute Gasteiger partial charge is 0.343 e. The molecule has 0 unspecified atom stereocenters. The first-order valence-electron chi connectivity index (χ1n) is 13.1. The maximum Gasteiger partial charge on any atom is 0.343 e. The third kappa shape index (κ3) is 8.93. The molecule has 7 heteroatoms. The number of carbonyl (C=O) groups excluding carboxylic acids is 3. The Hall–Kier alpha value is -5.17. The zero-order chi connectivity index (χ0) is 29.0. The topological polar surface area (TPSA) is 90.9 Å². The van der Waals surface area contributed by atoms with Crippen LogP contribution in [0.25, 0.3) is 0 Å². The molecule has 1 N–H and O–H groups in total. The number of esters is 2. The van der Waals surface area contributed by atoms with Gasteiger partial charge in [-0.3, -0.25) is 4.79 Å². The largest absolute Gasteiger partial charge is 0.494 e. The fourth-order valence-corrected chi connectivity index (χ4v) is 3.87. The van der Waals surface area contributed by atoms with Gasteiger partial charge in [0.15, 0.2) is 0 Å². The average molecular weight is 550 g/mol. The summed E-state index contributed by atoms with van der Waals surface area (Å²) < 4.78 is 16.7. The number of hydrogen-bond acceptors (Lipinski definition) is 6. The highest BCUT2D eigenvalue weighted by Gasteiger charge is 2.25. The van der Waals surface area contributed by atoms with Crippen molar-refractivity contribution < 1.29 is 28.6 Å². The van der Waals surface area contributed by atoms with E-state index >= 15 is 0 Å². The Kier molecular flexibility index (Phi) is 10.0. The van der Waals surface area contributed by atoms with E-state index in [1.54, 1.807) is 30.3 Å². The Balaban J connectivity index is 1.43. The number of amides is 1. The summed E-state index contributed by atoms with van der Waals surface area (Å²) in [6.07, 6.45) is 0.00823. The Bertz CT molecular complexity index is 1480. The van der Waals surface area contributed by atoms with Crippen LogP contribution in [0.1, 0.15) is 43.8 Å². The van der Waals surface area contributed by atoms with Crippen LogP contribution >= 0.6 is 0 Å². The molecule has 1 amide bonds. The quantitative estimate of drug-likeness (QED) is 0.129. The molecule has 1 atom stereocenters. The van der Waals surface area contributed by atoms with Crippen molar-refractivity contribution in [1.82, 2.24) is 5.32 Å². The molecular weight excluding hydrogens is 518 g/mol. The molecule has 208 valence electrons. The van der Waals surface area contributed by atoms with E-state index in [-0.39, 0.29) is 30.9 Å². The third-order valence-corrected chi connectivity index (χ3v) is 6.13. The van der Waals surface area contributed by atoms with Crippen LogP contribution in [-0.2, 0) is 27.5 Å². The van der Waals surface area contributed by atoms with Gasteiger partial charge in [0.25, 0.3) is 5.91 Å². The first-order valence-corrected chi connectivity index (χ1v) is 13.1. The van der Waals surface area contributed by atoms with Gasteiger partial charge >= 0.3 is 11.9 Å². The monoisotopic (exact) mass is 549 g/mol. The van der Waals surface area contributed by atoms with Crippen molar-refractivity contribution in [3.8, 4) is 5.75 Å². The third-order valence-electron chi connectivity index (χ3n) is 6.13. The molecule has 0 aliphatic carbocycles. The van der Waals surface area contributed by atoms with Crippen molar-refractivity contribution >= 4 is 17.8 Å². The zero-order valence-corrected chi connectivity index (χ0v) is 22.7. The molecule has 0 heterocycles. The van der Waals surface area contributed by atoms with Gasteiger partial charge in [-0.1, -0.05) is 91.0 Å². The van der Waals surface area contributed by atoms with E-state index in [9.17, 15) is 14.4 Å². The molecule has 41 heavy (non-hydrogen) atoms. The minimum Gasteiger partial charge on any atom is -0.494 e. The van der Waals surface area contributed by atoms with Gasteiger partial charge < -0.3 is 19.5 Å². The van der Waals surface area contributed by atoms with E-state index < -0.39 is 23.9 Å². The van der Waals surface area contributed by atoms with Crippen molar-refractivity contribution in [2.75, 3.05) is 0 Å². The van der Waals surface area contributed by atoms with Crippen molar-refractivity contribution in [1.29, 1.82) is 0 Å². The van der Waals surface area contributed by atoms with Crippen LogP contribution in [0, 0.1) is 6.92 Å². The molecule has 4 rings (SSSR count). The van der Waals surface area contributed by atoms with E-state index in [0.717, 1.165) is 16.7 Å². The van der Waals surface area contributed by atoms with Gasteiger partial charge in [-0.2, -0.15) is 0 Å². The highest BCUT2D eigenvalue weighted by atomic mass is 16.5. The molecule has 0 saturated heterocycles. The predicted octanol–water partition coefficient (Wildman–Crippen LogP) is 6.18. The lowest BCUT2D eigenvalue weighted by atomic mass is 10.1. The summed E-state index contributed by atoms with van der Waals surface area (Å²) in [6, 6.07) is 30.9. The average Bonchev–Trinajstić information content (AvgIpc) is 3.00. The molecule has 0 radical (unpaired) electrons. The van der Waals surface area contributed by atoms with Crippen LogP contribution in [0.5, 0.6) is 5.75 Å². The van der Waals surface area contributed by atoms with Crippen molar-refractivity contribution in [2.24, 2.45) is 0 Å². The van der Waals surface area contributed by atoms with Gasteiger partial charge in [0.2, 0.25) is 0 Å². The van der Waals surface area contributed by atoms with Gasteiger partial charge in [-0.05, 0) is 48.4 Å². The summed E-state index contributed by atoms with van der Waals surface area (Å²) in [4.78, 5) is 38.8. The Morgan fingerprint density at radius 1 is 0.732 bits per heavy atom. The second kappa shape index (κ2) is 14.3. The lowest BCUT2D eigenvalue weighted by molar-refractivity contribution is -0.147. The second-order valence-corrected chi connectivity index (χ2v) is 9.42. The minimum absolute atomic E-state index is 0.00823. The van der Waals surface area contributed by atoms with Crippen LogP contribution in [0.3, 0.4) is 0 Å². The highest BCUT2D eigenvalue weighted by molar-refractivity contribution is 5.97. The van der Waals surface area contributed by atoms with Gasteiger partial charge in [0.1, 0.15) is 25.0 Å². The fraction of sp³-hybridized carbons (Fsp3) is 0.147. The first kappa shape index (κ1) is 28.8. The van der Waals surface area contributed by atoms with E-state index in [0.29, 0.717) is 11.3 Å². The number of rotatable bonds is 12. The zero-order valence-electron chi connectivity index (χ0n) is 22.7. The molecule has 4 aromatic rings. The maximum atomic E-state index is 13.2. The number of nitrogens with one attached hydrogen (secondary N) is 1. The van der Waals surface area contributed by atoms with Gasteiger partial charge in [-0.25, -0.2) is 9.59 Å². The highest BCUT2D eigenvalue weighted by Crippen LogP contribution is 2.17. The number of aryl methyl sites for hydroxylation is 1. The normalized spacial score (nSPS) is 11.1. The lowest BCUT2D eigenvalue weighted by Crippen LogP contribution is -2.42. The summed E-state index contributed by atoms with van der Waals surface area (Å²) in [5, 5.41) is 2.72. The van der Waals surface area contributed by atoms with Crippen LogP contribution in [0.2, 0.25) is 0 Å². The number of carbonyl (C=O) groups is 3. The minimum atomic E-state index is -1.06. The molecule has 7 nitrogen and oxygen atoms in total. The Morgan fingerprint density at radius 2 is 1.34 bits per heavy atom. The van der Waals surface area contributed by atoms with E-state index in [1.165, 1.54) is 6.07 Å². The number of hydrogen-bond donors (Lipinski definition) is 1. The number of benzene rings is 4. The summed E-state index contributed by atoms with van der Waals surface area (Å²) in [5.41, 5.74) is 3.37. The molecule has 0 bridgehead atoms. The summed E-state index contributed by atoms with van der Waals surface area (Å²) in [6.45, 7) is 6.18. The molecule has 0 aromatic heterocycles. The Labute approximate surface area is 239 Å². The molecule has 4 aromatic carbocycles. The van der Waals surface area contributed by atoms with E-state index in [2.05, 4.69) is 11.9 Å². The molecule has 0 spiro atoms. The van der Waals surface area contributed by atoms with E-state index in [1.807, 2.05) is 79.7 Å². The van der Waals surface area contributed by atoms with Crippen LogP contribution in [0.4, 0.5) is 0 Å². The van der Waals surface area contributed by atoms with Crippen molar-refractivity contribution in [3.63, 3.8) is 0 Å². The fourth-order valence-electron chi connectivity index (χ4n) is 3.87. The standard InChI is InChI=1S/C34H31NO6/c1-24-16-18-28(19-17-24)33(37)41-30-15-9-14-29(21-30)32(36)35-31(34(38)40-23-27-12-7-4-8-13-27)20-25(2)39-22-26-10-5-3-6-11-26/h3-19,21,31H,2,20,22-23H2,1H3,(H,35,36)/t31-/m0/s1. The maximum absolute atomic E-state index is 13.2. The van der Waals surface area contributed by atoms with Gasteiger partial charge in [0.05, 0.1) is 11.3 Å². The summed E-state index contributed by atoms with van der Waals surface area (Å²) in [7, 11) is 0. The Morgan fingerprint density at radius 3 is 1.98 bits per heavy atom. The molecule has 0 fully saturated rings. The van der Waals surface area contributed by atoms with Crippen LogP contribution in [0.15, 0.2) is 122 Å². The molecule has 0 aliphatic heterocycles. The van der Waals surface area contributed by atoms with Crippen molar-refractivity contribution in [2.45, 2.75) is 32.6 Å². The molecule has 0 saturated carbocycles. The second-order valence-electron chi connectivity index (χ2n) is 9.42. The number of ether oxygens (including phenoxy) is 3. The predicted molar refractivity (Wildman–Crippen MR) is 155 cm³/mol. The lowest BCUT2D eigenvalue weighted by Gasteiger charge is -2.19. The van der Waals surface area contributed by atoms with E-state index in [4.69, 9.17) is 14.2 Å². The molecular formula is C34H31NO6. The first-order chi connectivity index (χ1) is 19.9. The summed E-state index contributed by atoms with van der Waals surface area (Å²) in [5.74, 6) is -1.21.